The van der Waals surface area contributed by atoms with Gasteiger partial charge in [0.05, 0.1) is 6.07 Å². The van der Waals surface area contributed by atoms with Crippen molar-refractivity contribution in [2.24, 2.45) is 0 Å². The van der Waals surface area contributed by atoms with E-state index < -0.39 is 11.9 Å². The zero-order valence-electron chi connectivity index (χ0n) is 8.70. The molecule has 0 aromatic carbocycles. The lowest BCUT2D eigenvalue weighted by atomic mass is 10.2. The van der Waals surface area contributed by atoms with E-state index in [4.69, 9.17) is 10.4 Å². The van der Waals surface area contributed by atoms with E-state index in [1.54, 1.807) is 6.07 Å². The van der Waals surface area contributed by atoms with E-state index in [9.17, 15) is 9.59 Å². The lowest BCUT2D eigenvalue weighted by Crippen LogP contribution is -2.26. The quantitative estimate of drug-likeness (QED) is 0.422. The molecule has 1 amide bonds. The monoisotopic (exact) mass is 288 g/mol. The van der Waals surface area contributed by atoms with Crippen LogP contribution in [-0.4, -0.2) is 22.3 Å². The first-order chi connectivity index (χ1) is 7.61. The molecule has 0 atom stereocenters. The molecule has 0 spiro atoms. The average Bonchev–Trinajstić information content (AvgIpc) is 2.22. The molecule has 0 bridgehead atoms. The Morgan fingerprint density at radius 1 is 1.44 bits per heavy atom. The van der Waals surface area contributed by atoms with Crippen molar-refractivity contribution in [1.29, 1.82) is 5.26 Å². The molecular weight excluding hydrogens is 276 g/mol. The first kappa shape index (κ1) is 14.6. The number of hydrogen-bond acceptors (Lipinski definition) is 3. The van der Waals surface area contributed by atoms with Gasteiger partial charge in [0.25, 0.3) is 0 Å². The molecular formula is C10H13BrN2O3. The number of allylic oxidation sites excluding steroid dienone is 1. The second kappa shape index (κ2) is 8.92. The van der Waals surface area contributed by atoms with Gasteiger partial charge in [0, 0.05) is 5.33 Å². The number of aliphatic carboxylic acids is 1. The summed E-state index contributed by atoms with van der Waals surface area (Å²) in [6.07, 6.45) is 3.48. The number of amides is 1. The fourth-order valence-electron chi connectivity index (χ4n) is 0.943. The number of nitrogens with zero attached hydrogens (tertiary/aromatic N) is 1. The summed E-state index contributed by atoms with van der Waals surface area (Å²) in [7, 11) is 0. The molecule has 88 valence electrons. The van der Waals surface area contributed by atoms with Gasteiger partial charge < -0.3 is 10.4 Å². The van der Waals surface area contributed by atoms with Crippen LogP contribution >= 0.6 is 15.9 Å². The van der Waals surface area contributed by atoms with Crippen LogP contribution in [0.5, 0.6) is 0 Å². The molecule has 0 aliphatic heterocycles. The van der Waals surface area contributed by atoms with Crippen LogP contribution < -0.4 is 5.32 Å². The SMILES string of the molecule is N#CCC(=O)N/C(=C\CCCCBr)C(=O)O. The van der Waals surface area contributed by atoms with Gasteiger partial charge in [-0.25, -0.2) is 4.79 Å². The normalized spacial score (nSPS) is 10.6. The number of carbonyl (C=O) groups excluding carboxylic acids is 1. The van der Waals surface area contributed by atoms with E-state index >= 15 is 0 Å². The van der Waals surface area contributed by atoms with Crippen molar-refractivity contribution in [3.8, 4) is 6.07 Å². The van der Waals surface area contributed by atoms with Crippen LogP contribution in [-0.2, 0) is 9.59 Å². The maximum Gasteiger partial charge on any atom is 0.352 e. The highest BCUT2D eigenvalue weighted by atomic mass is 79.9. The number of nitriles is 1. The van der Waals surface area contributed by atoms with Crippen LogP contribution in [0, 0.1) is 11.3 Å². The van der Waals surface area contributed by atoms with Gasteiger partial charge in [0.15, 0.2) is 0 Å². The topological polar surface area (TPSA) is 90.2 Å². The first-order valence-corrected chi connectivity index (χ1v) is 5.90. The number of halogens is 1. The van der Waals surface area contributed by atoms with Crippen molar-refractivity contribution in [3.05, 3.63) is 11.8 Å². The van der Waals surface area contributed by atoms with E-state index in [1.807, 2.05) is 0 Å². The second-order valence-corrected chi connectivity index (χ2v) is 3.78. The summed E-state index contributed by atoms with van der Waals surface area (Å²) in [5, 5.41) is 20.1. The molecule has 5 nitrogen and oxygen atoms in total. The van der Waals surface area contributed by atoms with Gasteiger partial charge in [-0.1, -0.05) is 22.0 Å². The third-order valence-electron chi connectivity index (χ3n) is 1.68. The van der Waals surface area contributed by atoms with Gasteiger partial charge >= 0.3 is 5.97 Å². The van der Waals surface area contributed by atoms with E-state index in [0.717, 1.165) is 18.2 Å². The lowest BCUT2D eigenvalue weighted by Gasteiger charge is -2.03. The van der Waals surface area contributed by atoms with Gasteiger partial charge in [-0.15, -0.1) is 0 Å². The van der Waals surface area contributed by atoms with Crippen LogP contribution in [0.25, 0.3) is 0 Å². The van der Waals surface area contributed by atoms with Gasteiger partial charge in [-0.2, -0.15) is 5.26 Å². The van der Waals surface area contributed by atoms with E-state index in [2.05, 4.69) is 21.2 Å². The van der Waals surface area contributed by atoms with Gasteiger partial charge in [-0.05, 0) is 19.3 Å². The fraction of sp³-hybridized carbons (Fsp3) is 0.500. The summed E-state index contributed by atoms with van der Waals surface area (Å²) < 4.78 is 0. The molecule has 2 N–H and O–H groups in total. The van der Waals surface area contributed by atoms with Gasteiger partial charge in [0.2, 0.25) is 5.91 Å². The summed E-state index contributed by atoms with van der Waals surface area (Å²) in [4.78, 5) is 21.7. The Hall–Kier alpha value is -1.35. The minimum Gasteiger partial charge on any atom is -0.477 e. The Labute approximate surface area is 102 Å². The molecule has 0 heterocycles. The lowest BCUT2D eigenvalue weighted by molar-refractivity contribution is -0.134. The maximum atomic E-state index is 11.0. The fourth-order valence-corrected chi connectivity index (χ4v) is 1.34. The van der Waals surface area contributed by atoms with E-state index in [-0.39, 0.29) is 12.1 Å². The Kier molecular flexibility index (Phi) is 8.17. The molecule has 0 aromatic heterocycles. The summed E-state index contributed by atoms with van der Waals surface area (Å²) in [5.41, 5.74) is -0.158. The van der Waals surface area contributed by atoms with Crippen molar-refractivity contribution < 1.29 is 14.7 Å². The number of nitrogens with one attached hydrogen (secondary N) is 1. The van der Waals surface area contributed by atoms with Crippen LogP contribution in [0.15, 0.2) is 11.8 Å². The van der Waals surface area contributed by atoms with Crippen molar-refractivity contribution in [3.63, 3.8) is 0 Å². The highest BCUT2D eigenvalue weighted by molar-refractivity contribution is 9.09. The highest BCUT2D eigenvalue weighted by Crippen LogP contribution is 2.02. The summed E-state index contributed by atoms with van der Waals surface area (Å²) >= 11 is 3.26. The summed E-state index contributed by atoms with van der Waals surface area (Å²) in [6, 6.07) is 1.65. The Balaban J connectivity index is 4.22. The van der Waals surface area contributed by atoms with Crippen molar-refractivity contribution in [2.45, 2.75) is 25.7 Å². The smallest absolute Gasteiger partial charge is 0.352 e. The molecule has 0 aromatic rings. The van der Waals surface area contributed by atoms with E-state index in [1.165, 1.54) is 6.08 Å². The minimum atomic E-state index is -1.19. The predicted molar refractivity (Wildman–Crippen MR) is 61.7 cm³/mol. The third kappa shape index (κ3) is 7.01. The molecule has 0 fully saturated rings. The second-order valence-electron chi connectivity index (χ2n) is 2.99. The zero-order valence-corrected chi connectivity index (χ0v) is 10.3. The molecule has 0 aliphatic carbocycles. The van der Waals surface area contributed by atoms with Crippen LogP contribution in [0.4, 0.5) is 0 Å². The number of alkyl halides is 1. The molecule has 6 heteroatoms. The van der Waals surface area contributed by atoms with Gasteiger partial charge in [0.1, 0.15) is 12.1 Å². The van der Waals surface area contributed by atoms with Crippen LogP contribution in [0.3, 0.4) is 0 Å². The average molecular weight is 289 g/mol. The largest absolute Gasteiger partial charge is 0.477 e. The summed E-state index contributed by atoms with van der Waals surface area (Å²) in [6.45, 7) is 0. The van der Waals surface area contributed by atoms with Crippen LogP contribution in [0.2, 0.25) is 0 Å². The predicted octanol–water partition coefficient (Wildman–Crippen LogP) is 1.55. The van der Waals surface area contributed by atoms with Crippen molar-refractivity contribution in [2.75, 3.05) is 5.33 Å². The number of carbonyl (C=O) groups is 2. The van der Waals surface area contributed by atoms with Gasteiger partial charge in [-0.3, -0.25) is 4.79 Å². The number of unbranched alkanes of at least 4 members (excludes halogenated alkanes) is 2. The molecule has 0 rings (SSSR count). The number of rotatable bonds is 7. The third-order valence-corrected chi connectivity index (χ3v) is 2.24. The Morgan fingerprint density at radius 3 is 2.62 bits per heavy atom. The Morgan fingerprint density at radius 2 is 2.12 bits per heavy atom. The molecule has 0 saturated carbocycles. The number of carboxylic acid groups (broad SMARTS) is 1. The Bertz CT molecular complexity index is 321. The summed E-state index contributed by atoms with van der Waals surface area (Å²) in [5.74, 6) is -1.79. The molecule has 0 radical (unpaired) electrons. The molecule has 0 unspecified atom stereocenters. The molecule has 0 saturated heterocycles. The standard InChI is InChI=1S/C10H13BrN2O3/c11-6-3-1-2-4-8(10(15)16)13-9(14)5-7-12/h4H,1-3,5-6H2,(H,13,14)(H,15,16)/b8-4-. The number of hydrogen-bond donors (Lipinski definition) is 2. The maximum absolute atomic E-state index is 11.0. The molecule has 0 aliphatic rings. The zero-order chi connectivity index (χ0) is 12.4. The van der Waals surface area contributed by atoms with Crippen LogP contribution in [0.1, 0.15) is 25.7 Å². The van der Waals surface area contributed by atoms with E-state index in [0.29, 0.717) is 6.42 Å². The first-order valence-electron chi connectivity index (χ1n) is 4.78. The van der Waals surface area contributed by atoms with Crippen molar-refractivity contribution in [1.82, 2.24) is 5.32 Å². The minimum absolute atomic E-state index is 0.158. The number of carboxylic acids is 1. The highest BCUT2D eigenvalue weighted by Gasteiger charge is 2.10. The van der Waals surface area contributed by atoms with Crippen molar-refractivity contribution >= 4 is 27.8 Å². The molecule has 16 heavy (non-hydrogen) atoms.